The number of carbonyl (C=O) groups excluding carboxylic acids is 2. The fourth-order valence-corrected chi connectivity index (χ4v) is 1.63. The Morgan fingerprint density at radius 3 is 2.47 bits per heavy atom. The minimum atomic E-state index is -0.225. The normalized spacial score (nSPS) is 11.7. The average molecular weight is 262 g/mol. The number of hydrogen-bond donors (Lipinski definition) is 2. The summed E-state index contributed by atoms with van der Waals surface area (Å²) in [7, 11) is 0. The highest BCUT2D eigenvalue weighted by molar-refractivity contribution is 5.96. The molecule has 1 unspecified atom stereocenters. The van der Waals surface area contributed by atoms with Gasteiger partial charge in [0.2, 0.25) is 11.8 Å². The highest BCUT2D eigenvalue weighted by Crippen LogP contribution is 1.98. The Balaban J connectivity index is 2.19. The molecule has 0 bridgehead atoms. The van der Waals surface area contributed by atoms with Crippen LogP contribution >= 0.6 is 0 Å². The maximum absolute atomic E-state index is 11.5. The van der Waals surface area contributed by atoms with Gasteiger partial charge in [-0.1, -0.05) is 37.3 Å². The van der Waals surface area contributed by atoms with Crippen molar-refractivity contribution in [2.75, 3.05) is 6.54 Å². The Labute approximate surface area is 114 Å². The van der Waals surface area contributed by atoms with Crippen molar-refractivity contribution in [3.63, 3.8) is 0 Å². The van der Waals surface area contributed by atoms with Gasteiger partial charge in [0.05, 0.1) is 0 Å². The van der Waals surface area contributed by atoms with Gasteiger partial charge in [0.15, 0.2) is 0 Å². The van der Waals surface area contributed by atoms with E-state index in [1.54, 1.807) is 0 Å². The molecule has 0 saturated heterocycles. The second kappa shape index (κ2) is 8.29. The van der Waals surface area contributed by atoms with Gasteiger partial charge in [-0.15, -0.1) is 0 Å². The lowest BCUT2D eigenvalue weighted by Crippen LogP contribution is -2.36. The van der Waals surface area contributed by atoms with E-state index in [0.717, 1.165) is 12.8 Å². The zero-order valence-electron chi connectivity index (χ0n) is 11.6. The molecule has 0 heterocycles. The van der Waals surface area contributed by atoms with Crippen LogP contribution in [0.4, 0.5) is 0 Å². The zero-order valence-corrected chi connectivity index (χ0v) is 11.6. The number of carbonyl (C=O) groups is 2. The molecule has 0 aliphatic heterocycles. The predicted molar refractivity (Wildman–Crippen MR) is 75.7 cm³/mol. The second-order valence-corrected chi connectivity index (χ2v) is 4.64. The molecule has 0 aliphatic carbocycles. The minimum Gasteiger partial charge on any atom is -0.355 e. The van der Waals surface area contributed by atoms with Crippen molar-refractivity contribution in [3.05, 3.63) is 35.9 Å². The SMILES string of the molecule is CCC(C)NC(=O)CC(=O)NCCc1ccccc1. The van der Waals surface area contributed by atoms with Gasteiger partial charge in [-0.2, -0.15) is 0 Å². The lowest BCUT2D eigenvalue weighted by atomic mass is 10.1. The van der Waals surface area contributed by atoms with Gasteiger partial charge in [0, 0.05) is 12.6 Å². The largest absolute Gasteiger partial charge is 0.355 e. The van der Waals surface area contributed by atoms with E-state index in [-0.39, 0.29) is 24.3 Å². The second-order valence-electron chi connectivity index (χ2n) is 4.64. The van der Waals surface area contributed by atoms with Crippen LogP contribution in [0.25, 0.3) is 0 Å². The summed E-state index contributed by atoms with van der Waals surface area (Å²) in [5.74, 6) is -0.441. The first kappa shape index (κ1) is 15.2. The standard InChI is InChI=1S/C15H22N2O2/c1-3-12(2)17-15(19)11-14(18)16-10-9-13-7-5-4-6-8-13/h4-8,12H,3,9-11H2,1-2H3,(H,16,18)(H,17,19). The van der Waals surface area contributed by atoms with E-state index in [1.165, 1.54) is 5.56 Å². The first-order valence-corrected chi connectivity index (χ1v) is 6.71. The monoisotopic (exact) mass is 262 g/mol. The molecule has 0 spiro atoms. The molecule has 0 saturated carbocycles. The van der Waals surface area contributed by atoms with Gasteiger partial charge in [-0.05, 0) is 25.3 Å². The third kappa shape index (κ3) is 6.60. The third-order valence-electron chi connectivity index (χ3n) is 2.92. The Kier molecular flexibility index (Phi) is 6.64. The fourth-order valence-electron chi connectivity index (χ4n) is 1.63. The lowest BCUT2D eigenvalue weighted by molar-refractivity contribution is -0.129. The molecule has 2 amide bonds. The molecule has 1 aromatic carbocycles. The van der Waals surface area contributed by atoms with Crippen LogP contribution in [0.1, 0.15) is 32.3 Å². The predicted octanol–water partition coefficient (Wildman–Crippen LogP) is 1.65. The average Bonchev–Trinajstić information content (AvgIpc) is 2.39. The molecule has 2 N–H and O–H groups in total. The molecular formula is C15H22N2O2. The van der Waals surface area contributed by atoms with Gasteiger partial charge < -0.3 is 10.6 Å². The van der Waals surface area contributed by atoms with Gasteiger partial charge >= 0.3 is 0 Å². The summed E-state index contributed by atoms with van der Waals surface area (Å²) in [4.78, 5) is 23.0. The van der Waals surface area contributed by atoms with Crippen molar-refractivity contribution in [1.82, 2.24) is 10.6 Å². The molecule has 0 aliphatic rings. The van der Waals surface area contributed by atoms with Crippen molar-refractivity contribution >= 4 is 11.8 Å². The van der Waals surface area contributed by atoms with Gasteiger partial charge in [-0.3, -0.25) is 9.59 Å². The van der Waals surface area contributed by atoms with Crippen LogP contribution in [-0.4, -0.2) is 24.4 Å². The van der Waals surface area contributed by atoms with E-state index in [2.05, 4.69) is 10.6 Å². The summed E-state index contributed by atoms with van der Waals surface area (Å²) in [6.45, 7) is 4.47. The van der Waals surface area contributed by atoms with E-state index in [0.29, 0.717) is 6.54 Å². The summed E-state index contributed by atoms with van der Waals surface area (Å²) in [6.07, 6.45) is 1.54. The van der Waals surface area contributed by atoms with Crippen LogP contribution < -0.4 is 10.6 Å². The summed E-state index contributed by atoms with van der Waals surface area (Å²) in [6, 6.07) is 10.0. The number of rotatable bonds is 7. The number of amides is 2. The summed E-state index contributed by atoms with van der Waals surface area (Å²) < 4.78 is 0. The molecule has 0 aromatic heterocycles. The van der Waals surface area contributed by atoms with E-state index >= 15 is 0 Å². The van der Waals surface area contributed by atoms with E-state index < -0.39 is 0 Å². The summed E-state index contributed by atoms with van der Waals surface area (Å²) >= 11 is 0. The third-order valence-corrected chi connectivity index (χ3v) is 2.92. The van der Waals surface area contributed by atoms with Crippen molar-refractivity contribution in [3.8, 4) is 0 Å². The van der Waals surface area contributed by atoms with Crippen LogP contribution in [0.15, 0.2) is 30.3 Å². The molecule has 1 atom stereocenters. The first-order valence-electron chi connectivity index (χ1n) is 6.71. The first-order chi connectivity index (χ1) is 9.11. The Morgan fingerprint density at radius 2 is 1.84 bits per heavy atom. The highest BCUT2D eigenvalue weighted by Gasteiger charge is 2.10. The maximum atomic E-state index is 11.5. The number of nitrogens with one attached hydrogen (secondary N) is 2. The highest BCUT2D eigenvalue weighted by atomic mass is 16.2. The number of hydrogen-bond acceptors (Lipinski definition) is 2. The molecule has 0 fully saturated rings. The van der Waals surface area contributed by atoms with Crippen molar-refractivity contribution in [2.45, 2.75) is 39.2 Å². The molecule has 4 nitrogen and oxygen atoms in total. The fraction of sp³-hybridized carbons (Fsp3) is 0.467. The van der Waals surface area contributed by atoms with Crippen LogP contribution in [0, 0.1) is 0 Å². The van der Waals surface area contributed by atoms with Gasteiger partial charge in [-0.25, -0.2) is 0 Å². The van der Waals surface area contributed by atoms with Crippen molar-refractivity contribution < 1.29 is 9.59 Å². The molecular weight excluding hydrogens is 240 g/mol. The molecule has 4 heteroatoms. The van der Waals surface area contributed by atoms with Crippen LogP contribution in [-0.2, 0) is 16.0 Å². The summed E-state index contributed by atoms with van der Waals surface area (Å²) in [5, 5.41) is 5.52. The Hall–Kier alpha value is -1.84. The quantitative estimate of drug-likeness (QED) is 0.734. The smallest absolute Gasteiger partial charge is 0.229 e. The van der Waals surface area contributed by atoms with E-state index in [4.69, 9.17) is 0 Å². The van der Waals surface area contributed by atoms with Crippen molar-refractivity contribution in [1.29, 1.82) is 0 Å². The molecule has 1 aromatic rings. The Morgan fingerprint density at radius 1 is 1.16 bits per heavy atom. The van der Waals surface area contributed by atoms with Gasteiger partial charge in [0.1, 0.15) is 6.42 Å². The van der Waals surface area contributed by atoms with Crippen LogP contribution in [0.2, 0.25) is 0 Å². The summed E-state index contributed by atoms with van der Waals surface area (Å²) in [5.41, 5.74) is 1.17. The molecule has 19 heavy (non-hydrogen) atoms. The Bertz CT molecular complexity index is 404. The number of benzene rings is 1. The molecule has 104 valence electrons. The van der Waals surface area contributed by atoms with Crippen LogP contribution in [0.5, 0.6) is 0 Å². The minimum absolute atomic E-state index is 0.0981. The molecule has 0 radical (unpaired) electrons. The zero-order chi connectivity index (χ0) is 14.1. The topological polar surface area (TPSA) is 58.2 Å². The van der Waals surface area contributed by atoms with Crippen molar-refractivity contribution in [2.24, 2.45) is 0 Å². The van der Waals surface area contributed by atoms with E-state index in [1.807, 2.05) is 44.2 Å². The van der Waals surface area contributed by atoms with E-state index in [9.17, 15) is 9.59 Å². The lowest BCUT2D eigenvalue weighted by Gasteiger charge is -2.11. The van der Waals surface area contributed by atoms with Gasteiger partial charge in [0.25, 0.3) is 0 Å². The van der Waals surface area contributed by atoms with Crippen LogP contribution in [0.3, 0.4) is 0 Å². The molecule has 1 rings (SSSR count). The maximum Gasteiger partial charge on any atom is 0.229 e.